The lowest BCUT2D eigenvalue weighted by molar-refractivity contribution is 0.362. The number of nitrogens with zero attached hydrogens (tertiary/aromatic N) is 1. The van der Waals surface area contributed by atoms with Crippen LogP contribution in [0, 0.1) is 11.8 Å². The van der Waals surface area contributed by atoms with E-state index in [1.54, 1.807) is 18.5 Å². The normalized spacial score (nSPS) is 9.11. The van der Waals surface area contributed by atoms with Gasteiger partial charge in [0.2, 0.25) is 0 Å². The average Bonchev–Trinajstić information content (AvgIpc) is 2.45. The topological polar surface area (TPSA) is 22.1 Å². The molecular formula is C16H13NO. The van der Waals surface area contributed by atoms with Gasteiger partial charge in [0.15, 0.2) is 0 Å². The molecule has 0 fully saturated rings. The molecule has 18 heavy (non-hydrogen) atoms. The summed E-state index contributed by atoms with van der Waals surface area (Å²) in [5.41, 5.74) is 1.75. The molecule has 0 atom stereocenters. The van der Waals surface area contributed by atoms with Crippen LogP contribution in [0.15, 0.2) is 61.4 Å². The second kappa shape index (κ2) is 6.27. The van der Waals surface area contributed by atoms with Crippen LogP contribution in [0.4, 0.5) is 0 Å². The first kappa shape index (κ1) is 11.9. The number of rotatable bonds is 3. The van der Waals surface area contributed by atoms with Crippen LogP contribution in [0.5, 0.6) is 5.75 Å². The lowest BCUT2D eigenvalue weighted by atomic mass is 10.2. The predicted molar refractivity (Wildman–Crippen MR) is 72.4 cm³/mol. The Bertz CT molecular complexity index is 579. The van der Waals surface area contributed by atoms with Gasteiger partial charge in [0.05, 0.1) is 5.56 Å². The number of pyridine rings is 1. The van der Waals surface area contributed by atoms with Gasteiger partial charge in [-0.15, -0.1) is 0 Å². The molecule has 0 spiro atoms. The summed E-state index contributed by atoms with van der Waals surface area (Å²) >= 11 is 0. The van der Waals surface area contributed by atoms with E-state index in [4.69, 9.17) is 4.74 Å². The summed E-state index contributed by atoms with van der Waals surface area (Å²) in [6.07, 6.45) is 5.18. The molecule has 0 aliphatic rings. The Morgan fingerprint density at radius 3 is 2.83 bits per heavy atom. The zero-order valence-electron chi connectivity index (χ0n) is 9.97. The van der Waals surface area contributed by atoms with Crippen LogP contribution in [0.2, 0.25) is 0 Å². The number of benzene rings is 1. The highest BCUT2D eigenvalue weighted by Gasteiger charge is 1.98. The van der Waals surface area contributed by atoms with Gasteiger partial charge in [-0.3, -0.25) is 4.98 Å². The zero-order chi connectivity index (χ0) is 12.6. The number of para-hydroxylation sites is 1. The molecule has 0 saturated carbocycles. The third-order valence-corrected chi connectivity index (χ3v) is 2.25. The monoisotopic (exact) mass is 235 g/mol. The van der Waals surface area contributed by atoms with Crippen molar-refractivity contribution in [3.8, 4) is 17.6 Å². The molecule has 2 rings (SSSR count). The lowest BCUT2D eigenvalue weighted by Crippen LogP contribution is -1.94. The number of aromatic nitrogens is 1. The molecule has 0 aliphatic carbocycles. The summed E-state index contributed by atoms with van der Waals surface area (Å²) in [5, 5.41) is 0. The molecule has 2 nitrogen and oxygen atoms in total. The second-order valence-electron chi connectivity index (χ2n) is 3.59. The van der Waals surface area contributed by atoms with Crippen LogP contribution >= 0.6 is 0 Å². The molecule has 1 heterocycles. The van der Waals surface area contributed by atoms with Crippen molar-refractivity contribution in [1.29, 1.82) is 0 Å². The fourth-order valence-electron chi connectivity index (χ4n) is 1.42. The lowest BCUT2D eigenvalue weighted by Gasteiger charge is -2.04. The SMILES string of the molecule is C=CCOc1ccccc1C#Cc1cccnc1. The summed E-state index contributed by atoms with van der Waals surface area (Å²) in [4.78, 5) is 4.02. The van der Waals surface area contributed by atoms with E-state index in [2.05, 4.69) is 23.4 Å². The molecule has 0 unspecified atom stereocenters. The van der Waals surface area contributed by atoms with Gasteiger partial charge in [-0.05, 0) is 24.3 Å². The minimum Gasteiger partial charge on any atom is -0.488 e. The molecule has 1 aromatic heterocycles. The van der Waals surface area contributed by atoms with E-state index in [1.807, 2.05) is 36.4 Å². The largest absolute Gasteiger partial charge is 0.488 e. The van der Waals surface area contributed by atoms with Gasteiger partial charge in [0.25, 0.3) is 0 Å². The van der Waals surface area contributed by atoms with Crippen molar-refractivity contribution in [3.63, 3.8) is 0 Å². The van der Waals surface area contributed by atoms with E-state index < -0.39 is 0 Å². The molecule has 0 N–H and O–H groups in total. The molecule has 2 aromatic rings. The molecule has 0 saturated heterocycles. The minimum absolute atomic E-state index is 0.478. The van der Waals surface area contributed by atoms with Gasteiger partial charge in [0, 0.05) is 18.0 Å². The van der Waals surface area contributed by atoms with Gasteiger partial charge in [0.1, 0.15) is 12.4 Å². The maximum atomic E-state index is 5.54. The Morgan fingerprint density at radius 1 is 1.17 bits per heavy atom. The van der Waals surface area contributed by atoms with E-state index in [0.29, 0.717) is 6.61 Å². The van der Waals surface area contributed by atoms with Gasteiger partial charge in [-0.2, -0.15) is 0 Å². The Labute approximate surface area is 107 Å². The Hall–Kier alpha value is -2.53. The molecule has 2 heteroatoms. The Morgan fingerprint density at radius 2 is 2.06 bits per heavy atom. The van der Waals surface area contributed by atoms with Crippen LogP contribution in [-0.4, -0.2) is 11.6 Å². The maximum absolute atomic E-state index is 5.54. The van der Waals surface area contributed by atoms with Crippen molar-refractivity contribution >= 4 is 0 Å². The maximum Gasteiger partial charge on any atom is 0.135 e. The van der Waals surface area contributed by atoms with Crippen LogP contribution in [-0.2, 0) is 0 Å². The first-order valence-corrected chi connectivity index (χ1v) is 5.65. The number of hydrogen-bond acceptors (Lipinski definition) is 2. The number of ether oxygens (including phenoxy) is 1. The van der Waals surface area contributed by atoms with Crippen molar-refractivity contribution in [1.82, 2.24) is 4.98 Å². The standard InChI is InChI=1S/C16H13NO/c1-2-12-18-16-8-4-3-7-15(16)10-9-14-6-5-11-17-13-14/h2-8,11,13H,1,12H2. The van der Waals surface area contributed by atoms with Gasteiger partial charge in [-0.25, -0.2) is 0 Å². The predicted octanol–water partition coefficient (Wildman–Crippen LogP) is 3.05. The third-order valence-electron chi connectivity index (χ3n) is 2.25. The van der Waals surface area contributed by atoms with Crippen LogP contribution in [0.1, 0.15) is 11.1 Å². The minimum atomic E-state index is 0.478. The fraction of sp³-hybridized carbons (Fsp3) is 0.0625. The van der Waals surface area contributed by atoms with Crippen molar-refractivity contribution in [3.05, 3.63) is 72.6 Å². The molecular weight excluding hydrogens is 222 g/mol. The second-order valence-corrected chi connectivity index (χ2v) is 3.59. The highest BCUT2D eigenvalue weighted by Crippen LogP contribution is 2.16. The molecule has 0 aliphatic heterocycles. The molecule has 0 amide bonds. The Kier molecular flexibility index (Phi) is 4.16. The van der Waals surface area contributed by atoms with Crippen LogP contribution in [0.25, 0.3) is 0 Å². The van der Waals surface area contributed by atoms with Gasteiger partial charge >= 0.3 is 0 Å². The summed E-state index contributed by atoms with van der Waals surface area (Å²) in [6, 6.07) is 11.5. The highest BCUT2D eigenvalue weighted by atomic mass is 16.5. The van der Waals surface area contributed by atoms with Crippen molar-refractivity contribution in [2.45, 2.75) is 0 Å². The summed E-state index contributed by atoms with van der Waals surface area (Å²) < 4.78 is 5.54. The third kappa shape index (κ3) is 3.23. The first-order chi connectivity index (χ1) is 8.90. The highest BCUT2D eigenvalue weighted by molar-refractivity contribution is 5.49. The van der Waals surface area contributed by atoms with Crippen molar-refractivity contribution < 1.29 is 4.74 Å². The number of hydrogen-bond donors (Lipinski definition) is 0. The van der Waals surface area contributed by atoms with E-state index >= 15 is 0 Å². The van der Waals surface area contributed by atoms with E-state index in [-0.39, 0.29) is 0 Å². The first-order valence-electron chi connectivity index (χ1n) is 5.65. The van der Waals surface area contributed by atoms with E-state index in [1.165, 1.54) is 0 Å². The molecule has 0 radical (unpaired) electrons. The summed E-state index contributed by atoms with van der Waals surface area (Å²) in [6.45, 7) is 4.11. The van der Waals surface area contributed by atoms with Gasteiger partial charge < -0.3 is 4.74 Å². The zero-order valence-corrected chi connectivity index (χ0v) is 9.97. The summed E-state index contributed by atoms with van der Waals surface area (Å²) in [5.74, 6) is 6.92. The summed E-state index contributed by atoms with van der Waals surface area (Å²) in [7, 11) is 0. The van der Waals surface area contributed by atoms with E-state index in [0.717, 1.165) is 16.9 Å². The average molecular weight is 235 g/mol. The quantitative estimate of drug-likeness (QED) is 0.602. The van der Waals surface area contributed by atoms with Crippen LogP contribution < -0.4 is 4.74 Å². The molecule has 88 valence electrons. The van der Waals surface area contributed by atoms with Crippen molar-refractivity contribution in [2.24, 2.45) is 0 Å². The molecule has 0 bridgehead atoms. The van der Waals surface area contributed by atoms with Crippen LogP contribution in [0.3, 0.4) is 0 Å². The van der Waals surface area contributed by atoms with Crippen molar-refractivity contribution in [2.75, 3.05) is 6.61 Å². The van der Waals surface area contributed by atoms with E-state index in [9.17, 15) is 0 Å². The smallest absolute Gasteiger partial charge is 0.135 e. The molecule has 1 aromatic carbocycles. The van der Waals surface area contributed by atoms with Gasteiger partial charge in [-0.1, -0.05) is 36.6 Å². The fourth-order valence-corrected chi connectivity index (χ4v) is 1.42. The Balaban J connectivity index is 2.24.